The van der Waals surface area contributed by atoms with Crippen LogP contribution in [0.5, 0.6) is 5.75 Å². The summed E-state index contributed by atoms with van der Waals surface area (Å²) >= 11 is 5.80. The highest BCUT2D eigenvalue weighted by atomic mass is 35.5. The second-order valence-corrected chi connectivity index (χ2v) is 3.40. The zero-order chi connectivity index (χ0) is 12.1. The number of hydrogen-bond donors (Lipinski definition) is 2. The molecule has 84 valence electrons. The molecular weight excluding hydrogens is 230 g/mol. The molecule has 0 aliphatic rings. The van der Waals surface area contributed by atoms with Crippen LogP contribution in [0.2, 0.25) is 5.02 Å². The second kappa shape index (κ2) is 5.35. The van der Waals surface area contributed by atoms with Crippen molar-refractivity contribution in [3.63, 3.8) is 0 Å². The summed E-state index contributed by atoms with van der Waals surface area (Å²) < 4.78 is 5.27. The van der Waals surface area contributed by atoms with Gasteiger partial charge < -0.3 is 4.74 Å². The molecule has 0 aromatic heterocycles. The van der Waals surface area contributed by atoms with Crippen LogP contribution in [0.3, 0.4) is 0 Å². The lowest BCUT2D eigenvalue weighted by molar-refractivity contribution is -0.127. The standard InChI is InChI=1S/C10H10ClN3O2/c1-6(10(15)14-13)16-9-4-2-3-8(11)7(9)5-12/h2-4,6H,13H2,1H3,(H,14,15). The van der Waals surface area contributed by atoms with Crippen LogP contribution in [0.25, 0.3) is 0 Å². The van der Waals surface area contributed by atoms with E-state index in [4.69, 9.17) is 27.4 Å². The van der Waals surface area contributed by atoms with Gasteiger partial charge in [0.25, 0.3) is 5.91 Å². The highest BCUT2D eigenvalue weighted by Crippen LogP contribution is 2.26. The number of nitrogens with zero attached hydrogens (tertiary/aromatic N) is 1. The molecule has 3 N–H and O–H groups in total. The fourth-order valence-corrected chi connectivity index (χ4v) is 1.28. The van der Waals surface area contributed by atoms with Crippen molar-refractivity contribution >= 4 is 17.5 Å². The average Bonchev–Trinajstić information content (AvgIpc) is 2.28. The lowest BCUT2D eigenvalue weighted by Gasteiger charge is -2.14. The minimum atomic E-state index is -0.796. The van der Waals surface area contributed by atoms with Gasteiger partial charge in [0.05, 0.1) is 5.02 Å². The van der Waals surface area contributed by atoms with Crippen molar-refractivity contribution in [2.24, 2.45) is 5.84 Å². The number of nitrogens with two attached hydrogens (primary N) is 1. The first-order chi connectivity index (χ1) is 7.60. The molecule has 0 aliphatic carbocycles. The number of carbonyl (C=O) groups excluding carboxylic acids is 1. The maximum absolute atomic E-state index is 11.1. The van der Waals surface area contributed by atoms with Gasteiger partial charge >= 0.3 is 0 Å². The van der Waals surface area contributed by atoms with E-state index in [1.807, 2.05) is 11.5 Å². The topological polar surface area (TPSA) is 88.1 Å². The maximum atomic E-state index is 11.1. The minimum Gasteiger partial charge on any atom is -0.479 e. The Morgan fingerprint density at radius 3 is 2.94 bits per heavy atom. The number of ether oxygens (including phenoxy) is 1. The Morgan fingerprint density at radius 1 is 1.69 bits per heavy atom. The normalized spacial score (nSPS) is 11.4. The molecule has 5 nitrogen and oxygen atoms in total. The van der Waals surface area contributed by atoms with Crippen LogP contribution in [0.15, 0.2) is 18.2 Å². The molecule has 0 fully saturated rings. The van der Waals surface area contributed by atoms with Gasteiger partial charge in [-0.1, -0.05) is 17.7 Å². The highest BCUT2D eigenvalue weighted by Gasteiger charge is 2.16. The molecule has 1 unspecified atom stereocenters. The predicted octanol–water partition coefficient (Wildman–Crippen LogP) is 0.969. The van der Waals surface area contributed by atoms with E-state index < -0.39 is 12.0 Å². The third-order valence-electron chi connectivity index (χ3n) is 1.90. The van der Waals surface area contributed by atoms with Crippen LogP contribution in [0.4, 0.5) is 0 Å². The Hall–Kier alpha value is -1.77. The van der Waals surface area contributed by atoms with Gasteiger partial charge in [0.15, 0.2) is 6.10 Å². The SMILES string of the molecule is CC(Oc1cccc(Cl)c1C#N)C(=O)NN. The Kier molecular flexibility index (Phi) is 4.11. The Labute approximate surface area is 97.7 Å². The fraction of sp³-hybridized carbons (Fsp3) is 0.200. The van der Waals surface area contributed by atoms with Crippen molar-refractivity contribution in [3.8, 4) is 11.8 Å². The van der Waals surface area contributed by atoms with E-state index in [0.29, 0.717) is 0 Å². The van der Waals surface area contributed by atoms with E-state index in [2.05, 4.69) is 0 Å². The second-order valence-electron chi connectivity index (χ2n) is 2.99. The predicted molar refractivity (Wildman–Crippen MR) is 58.6 cm³/mol. The maximum Gasteiger partial charge on any atom is 0.274 e. The Bertz CT molecular complexity index is 442. The lowest BCUT2D eigenvalue weighted by Crippen LogP contribution is -2.40. The molecule has 0 saturated heterocycles. The molecule has 0 radical (unpaired) electrons. The van der Waals surface area contributed by atoms with Gasteiger partial charge in [-0.2, -0.15) is 5.26 Å². The van der Waals surface area contributed by atoms with Crippen molar-refractivity contribution < 1.29 is 9.53 Å². The lowest BCUT2D eigenvalue weighted by atomic mass is 10.2. The van der Waals surface area contributed by atoms with Gasteiger partial charge in [-0.3, -0.25) is 10.2 Å². The minimum absolute atomic E-state index is 0.195. The summed E-state index contributed by atoms with van der Waals surface area (Å²) in [6.45, 7) is 1.52. The third kappa shape index (κ3) is 2.63. The molecule has 1 amide bonds. The van der Waals surface area contributed by atoms with Gasteiger partial charge in [0, 0.05) is 0 Å². The highest BCUT2D eigenvalue weighted by molar-refractivity contribution is 6.31. The summed E-state index contributed by atoms with van der Waals surface area (Å²) in [6, 6.07) is 6.67. The van der Waals surface area contributed by atoms with Crippen LogP contribution in [0.1, 0.15) is 12.5 Å². The van der Waals surface area contributed by atoms with Crippen molar-refractivity contribution in [1.29, 1.82) is 5.26 Å². The van der Waals surface area contributed by atoms with Crippen LogP contribution in [0, 0.1) is 11.3 Å². The Morgan fingerprint density at radius 2 is 2.38 bits per heavy atom. The van der Waals surface area contributed by atoms with Crippen LogP contribution in [-0.4, -0.2) is 12.0 Å². The first-order valence-electron chi connectivity index (χ1n) is 4.46. The number of hydrazine groups is 1. The summed E-state index contributed by atoms with van der Waals surface area (Å²) in [6.07, 6.45) is -0.796. The molecule has 0 heterocycles. The average molecular weight is 240 g/mol. The molecule has 16 heavy (non-hydrogen) atoms. The van der Waals surface area contributed by atoms with Gasteiger partial charge in [-0.15, -0.1) is 0 Å². The van der Waals surface area contributed by atoms with Crippen LogP contribution >= 0.6 is 11.6 Å². The molecule has 1 atom stereocenters. The molecule has 0 bridgehead atoms. The number of hydrogen-bond acceptors (Lipinski definition) is 4. The number of amides is 1. The van der Waals surface area contributed by atoms with Gasteiger partial charge in [0.1, 0.15) is 17.4 Å². The number of benzene rings is 1. The quantitative estimate of drug-likeness (QED) is 0.467. The monoisotopic (exact) mass is 239 g/mol. The van der Waals surface area contributed by atoms with E-state index in [1.165, 1.54) is 6.92 Å². The smallest absolute Gasteiger partial charge is 0.274 e. The molecule has 6 heteroatoms. The fourth-order valence-electron chi connectivity index (χ4n) is 1.07. The molecular formula is C10H10ClN3O2. The first kappa shape index (κ1) is 12.3. The molecule has 1 rings (SSSR count). The third-order valence-corrected chi connectivity index (χ3v) is 2.22. The van der Waals surface area contributed by atoms with E-state index in [0.717, 1.165) is 0 Å². The first-order valence-corrected chi connectivity index (χ1v) is 4.83. The van der Waals surface area contributed by atoms with Gasteiger partial charge in [-0.25, -0.2) is 5.84 Å². The summed E-state index contributed by atoms with van der Waals surface area (Å²) in [5.41, 5.74) is 2.15. The van der Waals surface area contributed by atoms with Gasteiger partial charge in [0.2, 0.25) is 0 Å². The number of nitriles is 1. The molecule has 1 aromatic rings. The number of rotatable bonds is 3. The molecule has 0 saturated carbocycles. The summed E-state index contributed by atoms with van der Waals surface area (Å²) in [4.78, 5) is 11.1. The molecule has 1 aromatic carbocycles. The molecule has 0 aliphatic heterocycles. The van der Waals surface area contributed by atoms with Crippen molar-refractivity contribution in [1.82, 2.24) is 5.43 Å². The summed E-state index contributed by atoms with van der Waals surface area (Å²) in [7, 11) is 0. The zero-order valence-corrected chi connectivity index (χ0v) is 9.28. The zero-order valence-electron chi connectivity index (χ0n) is 8.53. The van der Waals surface area contributed by atoms with E-state index in [9.17, 15) is 4.79 Å². The number of carbonyl (C=O) groups is 1. The number of halogens is 1. The van der Waals surface area contributed by atoms with Crippen molar-refractivity contribution in [2.75, 3.05) is 0 Å². The van der Waals surface area contributed by atoms with Crippen molar-refractivity contribution in [2.45, 2.75) is 13.0 Å². The van der Waals surface area contributed by atoms with Gasteiger partial charge in [-0.05, 0) is 19.1 Å². The number of nitrogens with one attached hydrogen (secondary N) is 1. The van der Waals surface area contributed by atoms with Crippen molar-refractivity contribution in [3.05, 3.63) is 28.8 Å². The van der Waals surface area contributed by atoms with E-state index in [-0.39, 0.29) is 16.3 Å². The Balaban J connectivity index is 2.94. The van der Waals surface area contributed by atoms with Crippen LogP contribution < -0.4 is 16.0 Å². The summed E-state index contributed by atoms with van der Waals surface area (Å²) in [5.74, 6) is 4.73. The van der Waals surface area contributed by atoms with E-state index >= 15 is 0 Å². The van der Waals surface area contributed by atoms with Crippen LogP contribution in [-0.2, 0) is 4.79 Å². The molecule has 0 spiro atoms. The van der Waals surface area contributed by atoms with E-state index in [1.54, 1.807) is 18.2 Å². The summed E-state index contributed by atoms with van der Waals surface area (Å²) in [5, 5.41) is 9.15. The largest absolute Gasteiger partial charge is 0.479 e.